The van der Waals surface area contributed by atoms with Crippen molar-refractivity contribution in [3.63, 3.8) is 0 Å². The first-order valence-electron chi connectivity index (χ1n) is 8.96. The molecule has 4 rings (SSSR count). The largest absolute Gasteiger partial charge is 0.362 e. The van der Waals surface area contributed by atoms with E-state index in [1.807, 2.05) is 24.3 Å². The second kappa shape index (κ2) is 6.91. The summed E-state index contributed by atoms with van der Waals surface area (Å²) in [5.74, 6) is 1.19. The van der Waals surface area contributed by atoms with Gasteiger partial charge in [-0.1, -0.05) is 26.0 Å². The monoisotopic (exact) mass is 448 g/mol. The number of H-pyrrole nitrogens is 1. The summed E-state index contributed by atoms with van der Waals surface area (Å²) in [4.78, 5) is 12.3. The zero-order valence-electron chi connectivity index (χ0n) is 15.2. The fraction of sp³-hybridized carbons (Fsp3) is 0.368. The van der Waals surface area contributed by atoms with E-state index < -0.39 is 9.84 Å². The van der Waals surface area contributed by atoms with Crippen LogP contribution in [-0.2, 0) is 16.3 Å². The SMILES string of the molecule is CC(C)[C@H](Nc1ncnc2[nH]c(Br)cc12)c1ccc2c(c1)S(=O)(=O)CCC2. The minimum atomic E-state index is -3.19. The van der Waals surface area contributed by atoms with Crippen LogP contribution in [0.15, 0.2) is 40.1 Å². The fourth-order valence-electron chi connectivity index (χ4n) is 3.63. The van der Waals surface area contributed by atoms with E-state index in [1.165, 1.54) is 6.33 Å². The van der Waals surface area contributed by atoms with Crippen molar-refractivity contribution < 1.29 is 8.42 Å². The van der Waals surface area contributed by atoms with Crippen molar-refractivity contribution in [2.75, 3.05) is 11.1 Å². The number of sulfone groups is 1. The van der Waals surface area contributed by atoms with Gasteiger partial charge in [-0.3, -0.25) is 0 Å². The number of aromatic amines is 1. The number of fused-ring (bicyclic) bond motifs is 2. The zero-order valence-corrected chi connectivity index (χ0v) is 17.6. The molecule has 0 fully saturated rings. The molecule has 1 atom stereocenters. The lowest BCUT2D eigenvalue weighted by Crippen LogP contribution is -2.20. The van der Waals surface area contributed by atoms with E-state index in [1.54, 1.807) is 0 Å². The molecule has 0 radical (unpaired) electrons. The number of benzene rings is 1. The molecule has 1 aliphatic rings. The maximum atomic E-state index is 12.5. The van der Waals surface area contributed by atoms with Gasteiger partial charge in [-0.25, -0.2) is 18.4 Å². The highest BCUT2D eigenvalue weighted by molar-refractivity contribution is 9.10. The van der Waals surface area contributed by atoms with Crippen LogP contribution in [-0.4, -0.2) is 29.1 Å². The summed E-state index contributed by atoms with van der Waals surface area (Å²) in [6.45, 7) is 4.22. The maximum absolute atomic E-state index is 12.5. The van der Waals surface area contributed by atoms with Crippen LogP contribution in [0, 0.1) is 5.92 Å². The number of nitrogens with zero attached hydrogens (tertiary/aromatic N) is 2. The Kier molecular flexibility index (Phi) is 4.71. The lowest BCUT2D eigenvalue weighted by Gasteiger charge is -2.26. The summed E-state index contributed by atoms with van der Waals surface area (Å²) in [5.41, 5.74) is 2.62. The van der Waals surface area contributed by atoms with Crippen molar-refractivity contribution in [1.29, 1.82) is 0 Å². The highest BCUT2D eigenvalue weighted by atomic mass is 79.9. The molecule has 2 N–H and O–H groups in total. The summed E-state index contributed by atoms with van der Waals surface area (Å²) in [5, 5.41) is 4.39. The Bertz CT molecular complexity index is 1110. The van der Waals surface area contributed by atoms with Crippen LogP contribution in [0.3, 0.4) is 0 Å². The number of anilines is 1. The molecule has 0 saturated carbocycles. The second-order valence-corrected chi connectivity index (χ2v) is 10.2. The van der Waals surface area contributed by atoms with Gasteiger partial charge in [0.15, 0.2) is 9.84 Å². The van der Waals surface area contributed by atoms with Crippen LogP contribution in [0.5, 0.6) is 0 Å². The third-order valence-electron chi connectivity index (χ3n) is 5.00. The predicted molar refractivity (Wildman–Crippen MR) is 110 cm³/mol. The van der Waals surface area contributed by atoms with Gasteiger partial charge in [0.25, 0.3) is 0 Å². The normalized spacial score (nSPS) is 17.0. The van der Waals surface area contributed by atoms with E-state index >= 15 is 0 Å². The number of halogens is 1. The Morgan fingerprint density at radius 1 is 1.22 bits per heavy atom. The molecule has 0 saturated heterocycles. The Morgan fingerprint density at radius 3 is 2.81 bits per heavy atom. The van der Waals surface area contributed by atoms with Crippen LogP contribution >= 0.6 is 15.9 Å². The van der Waals surface area contributed by atoms with Crippen molar-refractivity contribution in [3.05, 3.63) is 46.3 Å². The third kappa shape index (κ3) is 3.48. The Labute approximate surface area is 166 Å². The average molecular weight is 449 g/mol. The molecule has 142 valence electrons. The molecule has 0 bridgehead atoms. The van der Waals surface area contributed by atoms with Gasteiger partial charge >= 0.3 is 0 Å². The summed E-state index contributed by atoms with van der Waals surface area (Å²) >= 11 is 3.43. The first-order valence-corrected chi connectivity index (χ1v) is 11.4. The highest BCUT2D eigenvalue weighted by Gasteiger charge is 2.26. The minimum Gasteiger partial charge on any atom is -0.362 e. The highest BCUT2D eigenvalue weighted by Crippen LogP contribution is 2.33. The van der Waals surface area contributed by atoms with E-state index in [9.17, 15) is 8.42 Å². The van der Waals surface area contributed by atoms with E-state index in [0.29, 0.717) is 11.3 Å². The molecule has 1 aromatic carbocycles. The van der Waals surface area contributed by atoms with Crippen LogP contribution in [0.25, 0.3) is 11.0 Å². The van der Waals surface area contributed by atoms with E-state index in [4.69, 9.17) is 0 Å². The Morgan fingerprint density at radius 2 is 2.04 bits per heavy atom. The summed E-state index contributed by atoms with van der Waals surface area (Å²) in [6, 6.07) is 7.70. The zero-order chi connectivity index (χ0) is 19.2. The van der Waals surface area contributed by atoms with Gasteiger partial charge in [0.2, 0.25) is 0 Å². The van der Waals surface area contributed by atoms with Gasteiger partial charge in [0.1, 0.15) is 17.8 Å². The van der Waals surface area contributed by atoms with E-state index in [-0.39, 0.29) is 17.7 Å². The van der Waals surface area contributed by atoms with Crippen LogP contribution in [0.4, 0.5) is 5.82 Å². The smallest absolute Gasteiger partial charge is 0.178 e. The molecule has 3 heterocycles. The molecule has 0 spiro atoms. The van der Waals surface area contributed by atoms with Crippen LogP contribution < -0.4 is 5.32 Å². The molecule has 0 aliphatic carbocycles. The number of nitrogens with one attached hydrogen (secondary N) is 2. The first kappa shape index (κ1) is 18.4. The number of aryl methyl sites for hydroxylation is 1. The van der Waals surface area contributed by atoms with Crippen LogP contribution in [0.1, 0.15) is 37.4 Å². The predicted octanol–water partition coefficient (Wildman–Crippen LogP) is 4.25. The Hall–Kier alpha value is -1.93. The van der Waals surface area contributed by atoms with Gasteiger partial charge in [-0.15, -0.1) is 0 Å². The average Bonchev–Trinajstić information content (AvgIpc) is 3.00. The second-order valence-electron chi connectivity index (χ2n) is 7.26. The number of hydrogen-bond donors (Lipinski definition) is 2. The summed E-state index contributed by atoms with van der Waals surface area (Å²) in [6.07, 6.45) is 3.03. The van der Waals surface area contributed by atoms with Crippen molar-refractivity contribution in [3.8, 4) is 0 Å². The third-order valence-corrected chi connectivity index (χ3v) is 7.30. The van der Waals surface area contributed by atoms with Crippen LogP contribution in [0.2, 0.25) is 0 Å². The number of aromatic nitrogens is 3. The van der Waals surface area contributed by atoms with Crippen molar-refractivity contribution in [1.82, 2.24) is 15.0 Å². The molecule has 0 unspecified atom stereocenters. The van der Waals surface area contributed by atoms with Gasteiger partial charge in [-0.05, 0) is 57.9 Å². The van der Waals surface area contributed by atoms with Crippen molar-refractivity contribution >= 4 is 42.6 Å². The molecule has 3 aromatic rings. The fourth-order valence-corrected chi connectivity index (χ4v) is 5.67. The first-order chi connectivity index (χ1) is 12.8. The van der Waals surface area contributed by atoms with E-state index in [2.05, 4.69) is 50.0 Å². The molecular weight excluding hydrogens is 428 g/mol. The van der Waals surface area contributed by atoms with Gasteiger partial charge in [0.05, 0.1) is 26.7 Å². The van der Waals surface area contributed by atoms with E-state index in [0.717, 1.165) is 39.0 Å². The summed E-state index contributed by atoms with van der Waals surface area (Å²) < 4.78 is 25.8. The molecule has 27 heavy (non-hydrogen) atoms. The lowest BCUT2D eigenvalue weighted by atomic mass is 9.94. The number of rotatable bonds is 4. The molecule has 0 amide bonds. The van der Waals surface area contributed by atoms with Crippen molar-refractivity contribution in [2.24, 2.45) is 5.92 Å². The molecule has 2 aromatic heterocycles. The topological polar surface area (TPSA) is 87.7 Å². The van der Waals surface area contributed by atoms with Crippen molar-refractivity contribution in [2.45, 2.75) is 37.6 Å². The lowest BCUT2D eigenvalue weighted by molar-refractivity contribution is 0.542. The molecule has 6 nitrogen and oxygen atoms in total. The van der Waals surface area contributed by atoms with Gasteiger partial charge in [0, 0.05) is 0 Å². The minimum absolute atomic E-state index is 0.0702. The quantitative estimate of drug-likeness (QED) is 0.622. The van der Waals surface area contributed by atoms with Gasteiger partial charge < -0.3 is 10.3 Å². The number of hydrogen-bond acceptors (Lipinski definition) is 5. The summed E-state index contributed by atoms with van der Waals surface area (Å²) in [7, 11) is -3.19. The molecular formula is C19H21BrN4O2S. The Balaban J connectivity index is 1.75. The van der Waals surface area contributed by atoms with Gasteiger partial charge in [-0.2, -0.15) is 0 Å². The standard InChI is InChI=1S/C19H21BrN4O2S/c1-11(2)17(24-19-14-9-16(20)23-18(14)21-10-22-19)13-6-5-12-4-3-7-27(25,26)15(12)8-13/h5-6,8-11,17H,3-4,7H2,1-2H3,(H2,21,22,23,24)/t17-/m0/s1. The maximum Gasteiger partial charge on any atom is 0.178 e. The molecule has 8 heteroatoms. The molecule has 1 aliphatic heterocycles.